The first kappa shape index (κ1) is 31.0. The van der Waals surface area contributed by atoms with Crippen LogP contribution in [0.2, 0.25) is 0 Å². The Kier molecular flexibility index (Phi) is 10.3. The van der Waals surface area contributed by atoms with Gasteiger partial charge in [0.2, 0.25) is 5.91 Å². The van der Waals surface area contributed by atoms with Gasteiger partial charge < -0.3 is 32.6 Å². The summed E-state index contributed by atoms with van der Waals surface area (Å²) < 4.78 is 0. The number of hydrogen-bond acceptors (Lipinski definition) is 5. The Hall–Kier alpha value is -0.220. The standard InChI is InChI=1S/C26H43NO6.Na.H2O.H/c1-14(4-7-22(31)27-13-23(32)33)17-5-6-18-24-19(12-21(30)26(17,18)3)25(2)9-8-16(28)10-15(25)11-20(24)29;;;/h14-21,24,28-30H,4-13H2,1-3H3,(H,27,31)(H,32,33);;1H2;/q;+1;;-1/t14-,15+,16-,17-,18+,19+,20-,21+,24+,25+,26-;;;/m1.../s1. The van der Waals surface area contributed by atoms with E-state index < -0.39 is 12.1 Å². The van der Waals surface area contributed by atoms with Crippen molar-refractivity contribution in [3.8, 4) is 0 Å². The maximum atomic E-state index is 12.0. The maximum absolute atomic E-state index is 12.0. The van der Waals surface area contributed by atoms with Gasteiger partial charge in [-0.25, -0.2) is 0 Å². The zero-order valence-corrected chi connectivity index (χ0v) is 23.9. The smallest absolute Gasteiger partial charge is 1.00 e. The van der Waals surface area contributed by atoms with Crippen LogP contribution < -0.4 is 34.9 Å². The average Bonchev–Trinajstić information content (AvgIpc) is 3.11. The second-order valence-electron chi connectivity index (χ2n) is 12.2. The van der Waals surface area contributed by atoms with Gasteiger partial charge in [-0.2, -0.15) is 0 Å². The molecule has 0 aromatic carbocycles. The topological polar surface area (TPSA) is 159 Å². The van der Waals surface area contributed by atoms with Crippen molar-refractivity contribution < 1.29 is 66.5 Å². The van der Waals surface area contributed by atoms with Crippen LogP contribution in [0.5, 0.6) is 0 Å². The number of fused-ring (bicyclic) bond motifs is 5. The molecule has 0 unspecified atom stereocenters. The number of carbonyl (C=O) groups is 2. The van der Waals surface area contributed by atoms with E-state index in [1.54, 1.807) is 0 Å². The molecule has 9 heteroatoms. The number of amides is 1. The number of nitrogens with one attached hydrogen (secondary N) is 1. The first-order valence-corrected chi connectivity index (χ1v) is 13.0. The number of carboxylic acid groups (broad SMARTS) is 1. The molecule has 0 heterocycles. The van der Waals surface area contributed by atoms with E-state index >= 15 is 0 Å². The van der Waals surface area contributed by atoms with Gasteiger partial charge in [-0.05, 0) is 97.7 Å². The summed E-state index contributed by atoms with van der Waals surface area (Å²) in [4.78, 5) is 22.7. The molecule has 0 saturated heterocycles. The number of hydrogen-bond donors (Lipinski definition) is 5. The van der Waals surface area contributed by atoms with Gasteiger partial charge in [0, 0.05) is 6.42 Å². The van der Waals surface area contributed by atoms with Gasteiger partial charge in [0.1, 0.15) is 6.54 Å². The van der Waals surface area contributed by atoms with Crippen molar-refractivity contribution in [2.24, 2.45) is 46.3 Å². The molecular formula is C26H46NNaO7. The SMILES string of the molecule is C[C@H](CCC(=O)NCC(=O)O)[C@H]1CC[C@H]2[C@@H]3[C@H](O)C[C@@H]4C[C@H](O)CC[C@]4(C)[C@H]3C[C@H](O)[C@]12C.O.[H-].[Na+]. The molecule has 0 bridgehead atoms. The van der Waals surface area contributed by atoms with Crippen molar-refractivity contribution in [3.63, 3.8) is 0 Å². The van der Waals surface area contributed by atoms with Crippen molar-refractivity contribution >= 4 is 11.9 Å². The Morgan fingerprint density at radius 3 is 2.40 bits per heavy atom. The van der Waals surface area contributed by atoms with Crippen LogP contribution in [0.25, 0.3) is 0 Å². The van der Waals surface area contributed by atoms with E-state index in [2.05, 4.69) is 26.1 Å². The molecule has 0 aromatic heterocycles. The van der Waals surface area contributed by atoms with Gasteiger partial charge in [-0.3, -0.25) is 9.59 Å². The van der Waals surface area contributed by atoms with Crippen LogP contribution in [0.4, 0.5) is 0 Å². The zero-order valence-electron chi connectivity index (χ0n) is 22.9. The van der Waals surface area contributed by atoms with Gasteiger partial charge in [0.15, 0.2) is 0 Å². The molecule has 0 aliphatic heterocycles. The van der Waals surface area contributed by atoms with E-state index in [-0.39, 0.29) is 102 Å². The summed E-state index contributed by atoms with van der Waals surface area (Å²) in [5, 5.41) is 44.4. The van der Waals surface area contributed by atoms with E-state index in [1.165, 1.54) is 0 Å². The molecule has 4 aliphatic carbocycles. The van der Waals surface area contributed by atoms with Crippen molar-refractivity contribution in [2.75, 3.05) is 6.54 Å². The Bertz CT molecular complexity index is 775. The van der Waals surface area contributed by atoms with Crippen LogP contribution in [-0.2, 0) is 9.59 Å². The second-order valence-corrected chi connectivity index (χ2v) is 12.2. The largest absolute Gasteiger partial charge is 1.00 e. The number of aliphatic hydroxyl groups excluding tert-OH is 3. The van der Waals surface area contributed by atoms with Crippen LogP contribution in [0.15, 0.2) is 0 Å². The molecule has 11 atom stereocenters. The number of aliphatic hydroxyl groups is 3. The summed E-state index contributed by atoms with van der Waals surface area (Å²) in [5.74, 6) is 0.265. The molecular weight excluding hydrogens is 461 g/mol. The molecule has 0 spiro atoms. The van der Waals surface area contributed by atoms with Gasteiger partial charge in [0.25, 0.3) is 0 Å². The summed E-state index contributed by atoms with van der Waals surface area (Å²) in [6.45, 7) is 6.35. The van der Waals surface area contributed by atoms with Crippen molar-refractivity contribution in [3.05, 3.63) is 0 Å². The molecule has 35 heavy (non-hydrogen) atoms. The average molecular weight is 508 g/mol. The van der Waals surface area contributed by atoms with Crippen molar-refractivity contribution in [2.45, 2.75) is 96.9 Å². The van der Waals surface area contributed by atoms with Crippen molar-refractivity contribution in [1.82, 2.24) is 5.32 Å². The van der Waals surface area contributed by atoms with Crippen LogP contribution in [0, 0.1) is 46.3 Å². The molecule has 7 N–H and O–H groups in total. The number of rotatable bonds is 6. The minimum Gasteiger partial charge on any atom is -1.00 e. The third-order valence-corrected chi connectivity index (χ3v) is 10.8. The third kappa shape index (κ3) is 5.50. The normalized spacial score (nSPS) is 45.0. The number of carboxylic acids is 1. The summed E-state index contributed by atoms with van der Waals surface area (Å²) in [6, 6.07) is 0. The number of aliphatic carboxylic acids is 1. The fourth-order valence-electron chi connectivity index (χ4n) is 8.95. The maximum Gasteiger partial charge on any atom is 1.00 e. The quantitative estimate of drug-likeness (QED) is 0.286. The third-order valence-electron chi connectivity index (χ3n) is 10.8. The zero-order chi connectivity index (χ0) is 24.1. The fraction of sp³-hybridized carbons (Fsp3) is 0.923. The molecule has 1 amide bonds. The summed E-state index contributed by atoms with van der Waals surface area (Å²) in [5.41, 5.74) is -0.214. The van der Waals surface area contributed by atoms with E-state index in [9.17, 15) is 24.9 Å². The molecule has 0 aromatic rings. The van der Waals surface area contributed by atoms with Crippen LogP contribution in [-0.4, -0.2) is 62.6 Å². The van der Waals surface area contributed by atoms with E-state index in [0.29, 0.717) is 25.2 Å². The Morgan fingerprint density at radius 2 is 1.74 bits per heavy atom. The molecule has 4 fully saturated rings. The molecule has 4 rings (SSSR count). The molecule has 8 nitrogen and oxygen atoms in total. The minimum atomic E-state index is -1.04. The Morgan fingerprint density at radius 1 is 1.06 bits per heavy atom. The monoisotopic (exact) mass is 507 g/mol. The van der Waals surface area contributed by atoms with Crippen molar-refractivity contribution in [1.29, 1.82) is 0 Å². The predicted octanol–water partition coefficient (Wildman–Crippen LogP) is -1.14. The van der Waals surface area contributed by atoms with Crippen LogP contribution >= 0.6 is 0 Å². The van der Waals surface area contributed by atoms with E-state index in [4.69, 9.17) is 5.11 Å². The predicted molar refractivity (Wildman–Crippen MR) is 128 cm³/mol. The fourth-order valence-corrected chi connectivity index (χ4v) is 8.95. The number of carbonyl (C=O) groups excluding carboxylic acids is 1. The van der Waals surface area contributed by atoms with Gasteiger partial charge in [-0.15, -0.1) is 0 Å². The Balaban J connectivity index is 0.00000216. The second kappa shape index (κ2) is 11.7. The van der Waals surface area contributed by atoms with Crippen LogP contribution in [0.1, 0.15) is 80.0 Å². The Labute approximate surface area is 232 Å². The van der Waals surface area contributed by atoms with E-state index in [1.807, 2.05) is 0 Å². The van der Waals surface area contributed by atoms with E-state index in [0.717, 1.165) is 38.5 Å². The first-order valence-electron chi connectivity index (χ1n) is 13.0. The van der Waals surface area contributed by atoms with Gasteiger partial charge in [-0.1, -0.05) is 20.8 Å². The first-order chi connectivity index (χ1) is 15.5. The van der Waals surface area contributed by atoms with Crippen LogP contribution in [0.3, 0.4) is 0 Å². The molecule has 4 saturated carbocycles. The summed E-state index contributed by atoms with van der Waals surface area (Å²) >= 11 is 0. The molecule has 4 aliphatic rings. The molecule has 198 valence electrons. The summed E-state index contributed by atoms with van der Waals surface area (Å²) in [7, 11) is 0. The summed E-state index contributed by atoms with van der Waals surface area (Å²) in [6.07, 6.45) is 5.86. The van der Waals surface area contributed by atoms with Gasteiger partial charge in [0.05, 0.1) is 18.3 Å². The minimum absolute atomic E-state index is 0. The van der Waals surface area contributed by atoms with Gasteiger partial charge >= 0.3 is 35.5 Å². The molecule has 0 radical (unpaired) electrons.